The van der Waals surface area contributed by atoms with Crippen molar-refractivity contribution in [2.45, 2.75) is 45.4 Å². The number of carbonyl (C=O) groups excluding carboxylic acids is 1. The Balaban J connectivity index is 1.85. The third kappa shape index (κ3) is 2.89. The van der Waals surface area contributed by atoms with E-state index in [1.165, 1.54) is 18.4 Å². The molecule has 1 heterocycles. The van der Waals surface area contributed by atoms with E-state index in [1.807, 2.05) is 0 Å². The molecule has 1 fully saturated rings. The third-order valence-corrected chi connectivity index (χ3v) is 4.35. The van der Waals surface area contributed by atoms with E-state index < -0.39 is 0 Å². The van der Waals surface area contributed by atoms with E-state index in [9.17, 15) is 4.79 Å². The largest absolute Gasteiger partial charge is 0.352 e. The van der Waals surface area contributed by atoms with Gasteiger partial charge in [0, 0.05) is 18.5 Å². The van der Waals surface area contributed by atoms with Crippen molar-refractivity contribution in [1.29, 1.82) is 0 Å². The van der Waals surface area contributed by atoms with Crippen molar-refractivity contribution in [1.82, 2.24) is 10.6 Å². The molecule has 0 aromatic rings. The van der Waals surface area contributed by atoms with Crippen LogP contribution in [-0.2, 0) is 4.79 Å². The van der Waals surface area contributed by atoms with Gasteiger partial charge in [-0.2, -0.15) is 0 Å². The predicted octanol–water partition coefficient (Wildman–Crippen LogP) is 1.99. The standard InChI is InChI=1S/C14H24N2O/c1-2-14(7-3-4-8-14)13(17)16-11-12-5-9-15-10-6-12/h5,15H,2-4,6-11H2,1H3,(H,16,17). The molecule has 1 amide bonds. The number of hydrogen-bond acceptors (Lipinski definition) is 2. The maximum absolute atomic E-state index is 12.3. The summed E-state index contributed by atoms with van der Waals surface area (Å²) in [6, 6.07) is 0. The summed E-state index contributed by atoms with van der Waals surface area (Å²) in [4.78, 5) is 12.3. The number of rotatable bonds is 4. The van der Waals surface area contributed by atoms with Crippen LogP contribution in [0.3, 0.4) is 0 Å². The number of nitrogens with one attached hydrogen (secondary N) is 2. The van der Waals surface area contributed by atoms with Crippen molar-refractivity contribution in [2.24, 2.45) is 5.41 Å². The first kappa shape index (κ1) is 12.6. The number of carbonyl (C=O) groups is 1. The monoisotopic (exact) mass is 236 g/mol. The number of hydrogen-bond donors (Lipinski definition) is 2. The molecule has 0 aromatic heterocycles. The molecule has 96 valence electrons. The van der Waals surface area contributed by atoms with E-state index in [1.54, 1.807) is 0 Å². The van der Waals surface area contributed by atoms with Crippen molar-refractivity contribution in [3.8, 4) is 0 Å². The quantitative estimate of drug-likeness (QED) is 0.733. The average Bonchev–Trinajstić information content (AvgIpc) is 2.87. The van der Waals surface area contributed by atoms with Gasteiger partial charge in [0.2, 0.25) is 5.91 Å². The highest BCUT2D eigenvalue weighted by Crippen LogP contribution is 2.41. The van der Waals surface area contributed by atoms with Crippen LogP contribution < -0.4 is 10.6 Å². The van der Waals surface area contributed by atoms with E-state index in [4.69, 9.17) is 0 Å². The predicted molar refractivity (Wildman–Crippen MR) is 69.8 cm³/mol. The minimum atomic E-state index is -0.0481. The maximum Gasteiger partial charge on any atom is 0.226 e. The van der Waals surface area contributed by atoms with Crippen molar-refractivity contribution in [2.75, 3.05) is 19.6 Å². The number of amides is 1. The van der Waals surface area contributed by atoms with Gasteiger partial charge < -0.3 is 10.6 Å². The molecule has 2 aliphatic rings. The van der Waals surface area contributed by atoms with Crippen LogP contribution >= 0.6 is 0 Å². The zero-order valence-electron chi connectivity index (χ0n) is 10.8. The highest BCUT2D eigenvalue weighted by Gasteiger charge is 2.38. The zero-order valence-corrected chi connectivity index (χ0v) is 10.8. The molecular weight excluding hydrogens is 212 g/mol. The van der Waals surface area contributed by atoms with Crippen molar-refractivity contribution >= 4 is 5.91 Å². The lowest BCUT2D eigenvalue weighted by molar-refractivity contribution is -0.130. The second kappa shape index (κ2) is 5.67. The molecule has 1 saturated carbocycles. The molecule has 1 aliphatic heterocycles. The van der Waals surface area contributed by atoms with Gasteiger partial charge in [0.1, 0.15) is 0 Å². The second-order valence-corrected chi connectivity index (χ2v) is 5.34. The van der Waals surface area contributed by atoms with Crippen LogP contribution in [0.2, 0.25) is 0 Å². The van der Waals surface area contributed by atoms with Crippen LogP contribution in [0.5, 0.6) is 0 Å². The van der Waals surface area contributed by atoms with Gasteiger partial charge in [0.15, 0.2) is 0 Å². The summed E-state index contributed by atoms with van der Waals surface area (Å²) >= 11 is 0. The second-order valence-electron chi connectivity index (χ2n) is 5.34. The van der Waals surface area contributed by atoms with Gasteiger partial charge in [-0.15, -0.1) is 0 Å². The minimum Gasteiger partial charge on any atom is -0.352 e. The van der Waals surface area contributed by atoms with Crippen LogP contribution in [0.4, 0.5) is 0 Å². The first-order valence-corrected chi connectivity index (χ1v) is 6.94. The van der Waals surface area contributed by atoms with Crippen LogP contribution in [0, 0.1) is 5.41 Å². The minimum absolute atomic E-state index is 0.0481. The Kier molecular flexibility index (Phi) is 4.21. The van der Waals surface area contributed by atoms with E-state index in [0.717, 1.165) is 45.3 Å². The molecule has 0 aromatic carbocycles. The summed E-state index contributed by atoms with van der Waals surface area (Å²) in [5, 5.41) is 6.44. The molecular formula is C14H24N2O. The zero-order chi connectivity index (χ0) is 12.1. The van der Waals surface area contributed by atoms with Gasteiger partial charge in [-0.3, -0.25) is 4.79 Å². The molecule has 0 unspecified atom stereocenters. The van der Waals surface area contributed by atoms with Crippen LogP contribution in [-0.4, -0.2) is 25.5 Å². The summed E-state index contributed by atoms with van der Waals surface area (Å²) in [6.45, 7) is 4.89. The highest BCUT2D eigenvalue weighted by molar-refractivity contribution is 5.83. The molecule has 2 rings (SSSR count). The molecule has 0 radical (unpaired) electrons. The van der Waals surface area contributed by atoms with Crippen LogP contribution in [0.25, 0.3) is 0 Å². The summed E-state index contributed by atoms with van der Waals surface area (Å²) in [7, 11) is 0. The molecule has 1 aliphatic carbocycles. The van der Waals surface area contributed by atoms with Gasteiger partial charge in [0.05, 0.1) is 0 Å². The van der Waals surface area contributed by atoms with Gasteiger partial charge >= 0.3 is 0 Å². The van der Waals surface area contributed by atoms with E-state index >= 15 is 0 Å². The van der Waals surface area contributed by atoms with Crippen molar-refractivity contribution < 1.29 is 4.79 Å². The molecule has 17 heavy (non-hydrogen) atoms. The van der Waals surface area contributed by atoms with E-state index in [0.29, 0.717) is 0 Å². The van der Waals surface area contributed by atoms with Gasteiger partial charge in [-0.05, 0) is 32.2 Å². The van der Waals surface area contributed by atoms with Gasteiger partial charge in [-0.25, -0.2) is 0 Å². The Hall–Kier alpha value is -0.830. The van der Waals surface area contributed by atoms with Crippen LogP contribution in [0.15, 0.2) is 11.6 Å². The molecule has 0 spiro atoms. The fraction of sp³-hybridized carbons (Fsp3) is 0.786. The smallest absolute Gasteiger partial charge is 0.226 e. The average molecular weight is 236 g/mol. The topological polar surface area (TPSA) is 41.1 Å². The lowest BCUT2D eigenvalue weighted by Crippen LogP contribution is -2.40. The summed E-state index contributed by atoms with van der Waals surface area (Å²) in [5.41, 5.74) is 1.33. The summed E-state index contributed by atoms with van der Waals surface area (Å²) < 4.78 is 0. The third-order valence-electron chi connectivity index (χ3n) is 4.35. The van der Waals surface area contributed by atoms with E-state index in [2.05, 4.69) is 23.6 Å². The van der Waals surface area contributed by atoms with E-state index in [-0.39, 0.29) is 11.3 Å². The maximum atomic E-state index is 12.3. The lowest BCUT2D eigenvalue weighted by atomic mass is 9.82. The normalized spacial score (nSPS) is 23.2. The highest BCUT2D eigenvalue weighted by atomic mass is 16.2. The summed E-state index contributed by atoms with van der Waals surface area (Å²) in [5.74, 6) is 0.289. The van der Waals surface area contributed by atoms with Crippen molar-refractivity contribution in [3.05, 3.63) is 11.6 Å². The fourth-order valence-corrected chi connectivity index (χ4v) is 3.00. The van der Waals surface area contributed by atoms with Gasteiger partial charge in [-0.1, -0.05) is 31.4 Å². The molecule has 0 bridgehead atoms. The molecule has 2 N–H and O–H groups in total. The Morgan fingerprint density at radius 3 is 2.82 bits per heavy atom. The van der Waals surface area contributed by atoms with Crippen molar-refractivity contribution in [3.63, 3.8) is 0 Å². The first-order chi connectivity index (χ1) is 8.27. The Labute approximate surface area is 104 Å². The Morgan fingerprint density at radius 1 is 1.47 bits per heavy atom. The molecule has 0 atom stereocenters. The first-order valence-electron chi connectivity index (χ1n) is 6.94. The van der Waals surface area contributed by atoms with Gasteiger partial charge in [0.25, 0.3) is 0 Å². The van der Waals surface area contributed by atoms with Crippen LogP contribution in [0.1, 0.15) is 45.4 Å². The fourth-order valence-electron chi connectivity index (χ4n) is 3.00. The SMILES string of the molecule is CCC1(C(=O)NCC2=CCNCC2)CCCC1. The molecule has 0 saturated heterocycles. The lowest BCUT2D eigenvalue weighted by Gasteiger charge is -2.26. The Bertz CT molecular complexity index is 303. The Morgan fingerprint density at radius 2 is 2.24 bits per heavy atom. The molecule has 3 heteroatoms. The summed E-state index contributed by atoms with van der Waals surface area (Å²) in [6.07, 6.45) is 8.85. The molecule has 3 nitrogen and oxygen atoms in total.